The molecule has 2 N–H and O–H groups in total. The molecule has 0 aliphatic carbocycles. The summed E-state index contributed by atoms with van der Waals surface area (Å²) in [6.45, 7) is -0.304. The maximum Gasteiger partial charge on any atom is 0.259 e. The van der Waals surface area contributed by atoms with E-state index in [1.807, 2.05) is 0 Å². The van der Waals surface area contributed by atoms with Crippen LogP contribution in [0.3, 0.4) is 0 Å². The molecular formula is C18H18FN3O4. The Balaban J connectivity index is 1.89. The van der Waals surface area contributed by atoms with E-state index >= 15 is 0 Å². The Kier molecular flexibility index (Phi) is 6.67. The number of carbonyl (C=O) groups is 2. The normalized spacial score (nSPS) is 10.4. The van der Waals surface area contributed by atoms with Crippen LogP contribution in [0.5, 0.6) is 11.5 Å². The van der Waals surface area contributed by atoms with Crippen LogP contribution in [0.2, 0.25) is 0 Å². The van der Waals surface area contributed by atoms with Gasteiger partial charge in [-0.25, -0.2) is 9.82 Å². The lowest BCUT2D eigenvalue weighted by Gasteiger charge is -2.09. The summed E-state index contributed by atoms with van der Waals surface area (Å²) in [7, 11) is 3.01. The molecule has 2 rings (SSSR count). The molecule has 0 fully saturated rings. The molecule has 8 heteroatoms. The number of benzene rings is 2. The molecule has 0 unspecified atom stereocenters. The van der Waals surface area contributed by atoms with Gasteiger partial charge in [0, 0.05) is 11.1 Å². The molecule has 0 saturated heterocycles. The Morgan fingerprint density at radius 2 is 1.92 bits per heavy atom. The zero-order valence-corrected chi connectivity index (χ0v) is 14.3. The van der Waals surface area contributed by atoms with Gasteiger partial charge in [-0.3, -0.25) is 9.59 Å². The molecule has 26 heavy (non-hydrogen) atoms. The first-order chi connectivity index (χ1) is 12.5. The van der Waals surface area contributed by atoms with E-state index < -0.39 is 17.6 Å². The lowest BCUT2D eigenvalue weighted by Crippen LogP contribution is -2.34. The van der Waals surface area contributed by atoms with Crippen molar-refractivity contribution in [3.63, 3.8) is 0 Å². The third kappa shape index (κ3) is 5.04. The van der Waals surface area contributed by atoms with E-state index in [2.05, 4.69) is 15.8 Å². The molecule has 2 aromatic carbocycles. The van der Waals surface area contributed by atoms with E-state index in [1.165, 1.54) is 38.6 Å². The molecule has 0 aliphatic rings. The van der Waals surface area contributed by atoms with E-state index in [9.17, 15) is 14.0 Å². The molecule has 0 aromatic heterocycles. The average molecular weight is 359 g/mol. The fourth-order valence-corrected chi connectivity index (χ4v) is 2.12. The summed E-state index contributed by atoms with van der Waals surface area (Å²) >= 11 is 0. The maximum absolute atomic E-state index is 13.1. The van der Waals surface area contributed by atoms with Crippen LogP contribution in [0.15, 0.2) is 47.6 Å². The Hall–Kier alpha value is -3.42. The summed E-state index contributed by atoms with van der Waals surface area (Å²) in [6.07, 6.45) is 1.40. The second-order valence-electron chi connectivity index (χ2n) is 5.07. The number of hydrogen-bond donors (Lipinski definition) is 2. The highest BCUT2D eigenvalue weighted by molar-refractivity contribution is 5.96. The number of amides is 2. The topological polar surface area (TPSA) is 89.0 Å². The molecule has 0 heterocycles. The van der Waals surface area contributed by atoms with E-state index in [1.54, 1.807) is 18.2 Å². The quantitative estimate of drug-likeness (QED) is 0.582. The van der Waals surface area contributed by atoms with Crippen LogP contribution < -0.4 is 20.2 Å². The first-order valence-electron chi connectivity index (χ1n) is 7.61. The van der Waals surface area contributed by atoms with E-state index in [0.717, 1.165) is 6.07 Å². The van der Waals surface area contributed by atoms with Crippen molar-refractivity contribution in [3.05, 3.63) is 59.4 Å². The van der Waals surface area contributed by atoms with Gasteiger partial charge in [0.25, 0.3) is 11.8 Å². The summed E-state index contributed by atoms with van der Waals surface area (Å²) in [6, 6.07) is 10.4. The highest BCUT2D eigenvalue weighted by Gasteiger charge is 2.09. The summed E-state index contributed by atoms with van der Waals surface area (Å²) in [5.74, 6) is -0.609. The maximum atomic E-state index is 13.1. The smallest absolute Gasteiger partial charge is 0.259 e. The number of nitrogens with zero attached hydrogens (tertiary/aromatic N) is 1. The number of nitrogens with one attached hydrogen (secondary N) is 2. The average Bonchev–Trinajstić information content (AvgIpc) is 2.65. The fourth-order valence-electron chi connectivity index (χ4n) is 2.12. The molecule has 0 spiro atoms. The molecule has 0 atom stereocenters. The second kappa shape index (κ2) is 9.16. The van der Waals surface area contributed by atoms with Crippen LogP contribution >= 0.6 is 0 Å². The molecular weight excluding hydrogens is 341 g/mol. The molecule has 7 nitrogen and oxygen atoms in total. The van der Waals surface area contributed by atoms with Crippen molar-refractivity contribution in [1.29, 1.82) is 0 Å². The Morgan fingerprint density at radius 3 is 2.62 bits per heavy atom. The number of hydrogen-bond acceptors (Lipinski definition) is 5. The van der Waals surface area contributed by atoms with Gasteiger partial charge in [0.1, 0.15) is 5.82 Å². The number of halogens is 1. The third-order valence-corrected chi connectivity index (χ3v) is 3.32. The van der Waals surface area contributed by atoms with Gasteiger partial charge >= 0.3 is 0 Å². The molecule has 0 saturated carbocycles. The summed E-state index contributed by atoms with van der Waals surface area (Å²) in [5.41, 5.74) is 3.02. The minimum absolute atomic E-state index is 0.127. The van der Waals surface area contributed by atoms with Crippen LogP contribution in [-0.4, -0.2) is 38.8 Å². The van der Waals surface area contributed by atoms with E-state index in [0.29, 0.717) is 17.1 Å². The zero-order chi connectivity index (χ0) is 18.9. The van der Waals surface area contributed by atoms with Crippen LogP contribution in [0, 0.1) is 5.82 Å². The van der Waals surface area contributed by atoms with Gasteiger partial charge in [-0.15, -0.1) is 0 Å². The van der Waals surface area contributed by atoms with Gasteiger partial charge in [-0.2, -0.15) is 5.10 Å². The van der Waals surface area contributed by atoms with Crippen molar-refractivity contribution >= 4 is 18.0 Å². The third-order valence-electron chi connectivity index (χ3n) is 3.32. The van der Waals surface area contributed by atoms with Crippen molar-refractivity contribution in [2.45, 2.75) is 0 Å². The monoisotopic (exact) mass is 359 g/mol. The lowest BCUT2D eigenvalue weighted by atomic mass is 10.2. The molecule has 2 amide bonds. The standard InChI is InChI=1S/C18H18FN3O4/c1-25-15-8-4-6-13(17(15)26-2)10-21-22-16(23)11-20-18(24)12-5-3-7-14(19)9-12/h3-10H,11H2,1-2H3,(H,20,24)(H,22,23)/b21-10-. The van der Waals surface area contributed by atoms with Gasteiger partial charge in [0.15, 0.2) is 11.5 Å². The number of carbonyl (C=O) groups excluding carboxylic acids is 2. The number of hydrazone groups is 1. The van der Waals surface area contributed by atoms with Crippen molar-refractivity contribution in [2.24, 2.45) is 5.10 Å². The highest BCUT2D eigenvalue weighted by Crippen LogP contribution is 2.29. The largest absolute Gasteiger partial charge is 0.493 e. The van der Waals surface area contributed by atoms with Crippen LogP contribution in [0.4, 0.5) is 4.39 Å². The van der Waals surface area contributed by atoms with Gasteiger partial charge in [-0.05, 0) is 30.3 Å². The second-order valence-corrected chi connectivity index (χ2v) is 5.07. The Labute approximate surface area is 149 Å². The van der Waals surface area contributed by atoms with Gasteiger partial charge in [0.05, 0.1) is 27.0 Å². The fraction of sp³-hybridized carbons (Fsp3) is 0.167. The molecule has 2 aromatic rings. The van der Waals surface area contributed by atoms with Crippen LogP contribution in [-0.2, 0) is 4.79 Å². The Morgan fingerprint density at radius 1 is 1.15 bits per heavy atom. The lowest BCUT2D eigenvalue weighted by molar-refractivity contribution is -0.120. The molecule has 0 radical (unpaired) electrons. The van der Waals surface area contributed by atoms with E-state index in [4.69, 9.17) is 9.47 Å². The minimum Gasteiger partial charge on any atom is -0.493 e. The van der Waals surface area contributed by atoms with Gasteiger partial charge in [-0.1, -0.05) is 12.1 Å². The molecule has 136 valence electrons. The van der Waals surface area contributed by atoms with Crippen LogP contribution in [0.1, 0.15) is 15.9 Å². The first-order valence-corrected chi connectivity index (χ1v) is 7.61. The number of methoxy groups -OCH3 is 2. The zero-order valence-electron chi connectivity index (χ0n) is 14.3. The van der Waals surface area contributed by atoms with Crippen molar-refractivity contribution in [3.8, 4) is 11.5 Å². The summed E-state index contributed by atoms with van der Waals surface area (Å²) in [4.78, 5) is 23.6. The van der Waals surface area contributed by atoms with Gasteiger partial charge in [0.2, 0.25) is 0 Å². The van der Waals surface area contributed by atoms with Crippen molar-refractivity contribution in [1.82, 2.24) is 10.7 Å². The summed E-state index contributed by atoms with van der Waals surface area (Å²) < 4.78 is 23.5. The van der Waals surface area contributed by atoms with Crippen LogP contribution in [0.25, 0.3) is 0 Å². The number of rotatable bonds is 7. The number of ether oxygens (including phenoxy) is 2. The van der Waals surface area contributed by atoms with E-state index in [-0.39, 0.29) is 12.1 Å². The number of para-hydroxylation sites is 1. The highest BCUT2D eigenvalue weighted by atomic mass is 19.1. The molecule has 0 bridgehead atoms. The SMILES string of the molecule is COc1cccc(/C=N\NC(=O)CNC(=O)c2cccc(F)c2)c1OC. The minimum atomic E-state index is -0.557. The first kappa shape index (κ1) is 18.9. The predicted octanol–water partition coefficient (Wildman–Crippen LogP) is 1.72. The van der Waals surface area contributed by atoms with Crippen molar-refractivity contribution in [2.75, 3.05) is 20.8 Å². The Bertz CT molecular complexity index is 824. The van der Waals surface area contributed by atoms with Gasteiger partial charge < -0.3 is 14.8 Å². The predicted molar refractivity (Wildman–Crippen MR) is 94.0 cm³/mol. The van der Waals surface area contributed by atoms with Crippen molar-refractivity contribution < 1.29 is 23.5 Å². The molecule has 0 aliphatic heterocycles. The summed E-state index contributed by atoms with van der Waals surface area (Å²) in [5, 5.41) is 6.20.